The molecule has 6 nitrogen and oxygen atoms in total. The lowest BCUT2D eigenvalue weighted by molar-refractivity contribution is -0.106. The number of hydrogen-bond donors (Lipinski definition) is 0. The van der Waals surface area contributed by atoms with Crippen LogP contribution in [0.5, 0.6) is 0 Å². The number of nitriles is 1. The fourth-order valence-corrected chi connectivity index (χ4v) is 2.29. The Morgan fingerprint density at radius 3 is 2.89 bits per heavy atom. The van der Waals surface area contributed by atoms with Crippen molar-refractivity contribution in [2.24, 2.45) is 0 Å². The van der Waals surface area contributed by atoms with Crippen LogP contribution in [0.25, 0.3) is 0 Å². The largest absolute Gasteiger partial charge is 0.382 e. The third-order valence-corrected chi connectivity index (χ3v) is 2.91. The maximum absolute atomic E-state index is 8.73. The highest BCUT2D eigenvalue weighted by Crippen LogP contribution is 2.24. The van der Waals surface area contributed by atoms with E-state index in [-0.39, 0.29) is 11.7 Å². The molecule has 0 aliphatic carbocycles. The zero-order valence-corrected chi connectivity index (χ0v) is 11.5. The van der Waals surface area contributed by atoms with Crippen LogP contribution >= 0.6 is 0 Å². The molecule has 1 atom stereocenters. The molecule has 0 amide bonds. The molecule has 1 aromatic heterocycles. The van der Waals surface area contributed by atoms with E-state index in [2.05, 4.69) is 14.9 Å². The Bertz CT molecular complexity index is 467. The number of aromatic nitrogens is 2. The lowest BCUT2D eigenvalue weighted by atomic mass is 10.1. The minimum Gasteiger partial charge on any atom is -0.382 e. The van der Waals surface area contributed by atoms with Crippen LogP contribution in [0.15, 0.2) is 12.4 Å². The van der Waals surface area contributed by atoms with Crippen molar-refractivity contribution in [3.63, 3.8) is 0 Å². The van der Waals surface area contributed by atoms with Crippen molar-refractivity contribution in [2.75, 3.05) is 31.7 Å². The van der Waals surface area contributed by atoms with Crippen molar-refractivity contribution in [2.45, 2.75) is 25.6 Å². The van der Waals surface area contributed by atoms with Gasteiger partial charge in [0.2, 0.25) is 0 Å². The first kappa shape index (κ1) is 13.7. The van der Waals surface area contributed by atoms with Crippen LogP contribution in [0.2, 0.25) is 0 Å². The molecule has 19 heavy (non-hydrogen) atoms. The fraction of sp³-hybridized carbons (Fsp3) is 0.615. The third kappa shape index (κ3) is 3.40. The van der Waals surface area contributed by atoms with Crippen LogP contribution in [0, 0.1) is 11.3 Å². The Balaban J connectivity index is 2.15. The van der Waals surface area contributed by atoms with Crippen molar-refractivity contribution < 1.29 is 9.47 Å². The molecule has 0 radical (unpaired) electrons. The molecule has 102 valence electrons. The molecule has 1 aliphatic rings. The minimum atomic E-state index is -0.267. The van der Waals surface area contributed by atoms with Crippen LogP contribution < -0.4 is 4.90 Å². The van der Waals surface area contributed by atoms with Gasteiger partial charge >= 0.3 is 0 Å². The average Bonchev–Trinajstić information content (AvgIpc) is 2.37. The number of methoxy groups -OCH3 is 1. The molecule has 0 aromatic carbocycles. The molecular formula is C13H18N4O2. The molecule has 1 saturated heterocycles. The van der Waals surface area contributed by atoms with Gasteiger partial charge in [-0.2, -0.15) is 5.26 Å². The quantitative estimate of drug-likeness (QED) is 0.808. The summed E-state index contributed by atoms with van der Waals surface area (Å²) in [5, 5.41) is 8.73. The van der Waals surface area contributed by atoms with Crippen LogP contribution in [-0.2, 0) is 9.47 Å². The number of rotatable bonds is 3. The molecule has 0 N–H and O–H groups in total. The fourth-order valence-electron chi connectivity index (χ4n) is 2.29. The highest BCUT2D eigenvalue weighted by atomic mass is 16.5. The minimum absolute atomic E-state index is 0.00573. The lowest BCUT2D eigenvalue weighted by Gasteiger charge is -2.43. The summed E-state index contributed by atoms with van der Waals surface area (Å²) >= 11 is 0. The Morgan fingerprint density at radius 1 is 1.53 bits per heavy atom. The van der Waals surface area contributed by atoms with E-state index in [0.717, 1.165) is 12.4 Å². The van der Waals surface area contributed by atoms with Gasteiger partial charge in [0.25, 0.3) is 0 Å². The standard InChI is InChI=1S/C13H18N4O2/c1-13(2)9-17(7-11(19-13)8-18-3)12-6-15-10(4-14)5-16-12/h5-6,11H,7-9H2,1-3H3/t11-/m1/s1. The molecule has 0 spiro atoms. The van der Waals surface area contributed by atoms with Gasteiger partial charge in [0.1, 0.15) is 11.9 Å². The smallest absolute Gasteiger partial charge is 0.158 e. The SMILES string of the molecule is COC[C@H]1CN(c2cnc(C#N)cn2)CC(C)(C)O1. The molecule has 0 saturated carbocycles. The lowest BCUT2D eigenvalue weighted by Crippen LogP contribution is -2.54. The van der Waals surface area contributed by atoms with Gasteiger partial charge in [-0.25, -0.2) is 9.97 Å². The Hall–Kier alpha value is -1.71. The van der Waals surface area contributed by atoms with Crippen LogP contribution in [0.1, 0.15) is 19.5 Å². The van der Waals surface area contributed by atoms with Crippen LogP contribution in [-0.4, -0.2) is 48.5 Å². The monoisotopic (exact) mass is 262 g/mol. The highest BCUT2D eigenvalue weighted by Gasteiger charge is 2.34. The van der Waals surface area contributed by atoms with Crippen LogP contribution in [0.4, 0.5) is 5.82 Å². The Labute approximate surface area is 113 Å². The summed E-state index contributed by atoms with van der Waals surface area (Å²) < 4.78 is 11.1. The molecule has 1 aliphatic heterocycles. The van der Waals surface area contributed by atoms with E-state index in [1.54, 1.807) is 13.3 Å². The van der Waals surface area contributed by atoms with E-state index in [0.29, 0.717) is 18.8 Å². The summed E-state index contributed by atoms with van der Waals surface area (Å²) in [6.07, 6.45) is 3.12. The first-order valence-corrected chi connectivity index (χ1v) is 6.18. The Kier molecular flexibility index (Phi) is 3.98. The van der Waals surface area contributed by atoms with E-state index in [4.69, 9.17) is 14.7 Å². The van der Waals surface area contributed by atoms with Gasteiger partial charge in [0.15, 0.2) is 5.69 Å². The molecule has 2 rings (SSSR count). The van der Waals surface area contributed by atoms with Crippen molar-refractivity contribution in [1.29, 1.82) is 5.26 Å². The van der Waals surface area contributed by atoms with Crippen molar-refractivity contribution in [3.05, 3.63) is 18.1 Å². The summed E-state index contributed by atoms with van der Waals surface area (Å²) in [7, 11) is 1.66. The summed E-state index contributed by atoms with van der Waals surface area (Å²) in [6.45, 7) is 6.06. The molecule has 0 bridgehead atoms. The van der Waals surface area contributed by atoms with Crippen molar-refractivity contribution >= 4 is 5.82 Å². The predicted molar refractivity (Wildman–Crippen MR) is 69.8 cm³/mol. The second-order valence-corrected chi connectivity index (χ2v) is 5.21. The second kappa shape index (κ2) is 5.51. The number of hydrogen-bond acceptors (Lipinski definition) is 6. The molecule has 0 unspecified atom stereocenters. The summed E-state index contributed by atoms with van der Waals surface area (Å²) in [4.78, 5) is 10.4. The van der Waals surface area contributed by atoms with Gasteiger partial charge in [-0.1, -0.05) is 0 Å². The zero-order valence-electron chi connectivity index (χ0n) is 11.5. The van der Waals surface area contributed by atoms with Gasteiger partial charge < -0.3 is 14.4 Å². The van der Waals surface area contributed by atoms with E-state index in [1.807, 2.05) is 19.9 Å². The maximum Gasteiger partial charge on any atom is 0.158 e. The molecule has 1 aromatic rings. The third-order valence-electron chi connectivity index (χ3n) is 2.91. The maximum atomic E-state index is 8.73. The first-order valence-electron chi connectivity index (χ1n) is 6.18. The van der Waals surface area contributed by atoms with Gasteiger partial charge in [-0.15, -0.1) is 0 Å². The Morgan fingerprint density at radius 2 is 2.32 bits per heavy atom. The normalized spacial score (nSPS) is 22.0. The van der Waals surface area contributed by atoms with Crippen LogP contribution in [0.3, 0.4) is 0 Å². The molecule has 1 fully saturated rings. The molecular weight excluding hydrogens is 244 g/mol. The second-order valence-electron chi connectivity index (χ2n) is 5.21. The van der Waals surface area contributed by atoms with E-state index < -0.39 is 0 Å². The van der Waals surface area contributed by atoms with Crippen molar-refractivity contribution in [3.8, 4) is 6.07 Å². The van der Waals surface area contributed by atoms with Gasteiger partial charge in [-0.3, -0.25) is 0 Å². The number of ether oxygens (including phenoxy) is 2. The van der Waals surface area contributed by atoms with Gasteiger partial charge in [-0.05, 0) is 13.8 Å². The van der Waals surface area contributed by atoms with Gasteiger partial charge in [0, 0.05) is 20.2 Å². The highest BCUT2D eigenvalue weighted by molar-refractivity contribution is 5.38. The molecule has 6 heteroatoms. The molecule has 2 heterocycles. The number of morpholine rings is 1. The zero-order chi connectivity index (χ0) is 13.9. The topological polar surface area (TPSA) is 71.3 Å². The van der Waals surface area contributed by atoms with Crippen molar-refractivity contribution in [1.82, 2.24) is 9.97 Å². The predicted octanol–water partition coefficient (Wildman–Crippen LogP) is 0.978. The van der Waals surface area contributed by atoms with E-state index >= 15 is 0 Å². The van der Waals surface area contributed by atoms with E-state index in [1.165, 1.54) is 6.20 Å². The summed E-state index contributed by atoms with van der Waals surface area (Å²) in [6, 6.07) is 1.97. The van der Waals surface area contributed by atoms with Gasteiger partial charge in [0.05, 0.1) is 30.7 Å². The van der Waals surface area contributed by atoms with E-state index in [9.17, 15) is 0 Å². The number of nitrogens with zero attached hydrogens (tertiary/aromatic N) is 4. The first-order chi connectivity index (χ1) is 9.04. The summed E-state index contributed by atoms with van der Waals surface area (Å²) in [5.74, 6) is 0.761. The summed E-state index contributed by atoms with van der Waals surface area (Å²) in [5.41, 5.74) is 0.0570. The number of anilines is 1. The average molecular weight is 262 g/mol.